The first-order valence-corrected chi connectivity index (χ1v) is 20.1. The molecule has 0 aromatic heterocycles. The summed E-state index contributed by atoms with van der Waals surface area (Å²) in [5.74, 6) is -6.88. The number of unbranched alkanes of at least 4 members (excludes halogenated alkanes) is 5. The predicted octanol–water partition coefficient (Wildman–Crippen LogP) is -11.6. The molecule has 0 aromatic rings. The van der Waals surface area contributed by atoms with Gasteiger partial charge in [0, 0.05) is 13.0 Å². The van der Waals surface area contributed by atoms with E-state index in [-0.39, 0.29) is 65.7 Å². The molecular weight excluding hydrogens is 854 g/mol. The third kappa shape index (κ3) is 16.0. The average molecular weight is 911 g/mol. The number of aliphatic hydroxyl groups excluding tert-OH is 8. The second kappa shape index (κ2) is 26.6. The summed E-state index contributed by atoms with van der Waals surface area (Å²) < 4.78 is 71.1. The van der Waals surface area contributed by atoms with Gasteiger partial charge in [-0.1, -0.05) is 39.0 Å². The first-order chi connectivity index (χ1) is 27.2. The summed E-state index contributed by atoms with van der Waals surface area (Å²) in [7, 11) is -5.15. The van der Waals surface area contributed by atoms with Gasteiger partial charge in [-0.15, -0.1) is 0 Å². The maximum atomic E-state index is 12.8. The Hall–Kier alpha value is -0.280. The van der Waals surface area contributed by atoms with E-state index < -0.39 is 152 Å². The normalized spacial score (nSPS) is 36.4. The molecule has 0 bridgehead atoms. The van der Waals surface area contributed by atoms with Gasteiger partial charge < -0.3 is 84.6 Å². The summed E-state index contributed by atoms with van der Waals surface area (Å²) in [4.78, 5) is 20.3. The summed E-state index contributed by atoms with van der Waals surface area (Å²) in [6, 6.07) is -3.28. The van der Waals surface area contributed by atoms with E-state index in [1.807, 2.05) is 0 Å². The number of carboxylic acids is 1. The van der Waals surface area contributed by atoms with Crippen molar-refractivity contribution in [3.8, 4) is 0 Å². The fraction of sp³-hybridized carbons (Fsp3) is 0.909. The number of aliphatic carboxylic acids is 1. The van der Waals surface area contributed by atoms with Crippen LogP contribution >= 0.6 is 0 Å². The number of aliphatic imine (C=N–C) groups is 2. The average Bonchev–Trinajstić information content (AvgIpc) is 3.15. The molecule has 338 valence electrons. The van der Waals surface area contributed by atoms with E-state index >= 15 is 0 Å². The molecule has 0 spiro atoms. The molecule has 3 aliphatic rings. The van der Waals surface area contributed by atoms with Crippen LogP contribution < -0.4 is 69.3 Å². The van der Waals surface area contributed by atoms with Crippen LogP contribution in [0.5, 0.6) is 0 Å². The molecule has 10 N–H and O–H groups in total. The van der Waals surface area contributed by atoms with Crippen molar-refractivity contribution in [3.05, 3.63) is 0 Å². The monoisotopic (exact) mass is 910 g/mol. The summed E-state index contributed by atoms with van der Waals surface area (Å²) in [5, 5.41) is 120. The van der Waals surface area contributed by atoms with Crippen LogP contribution in [0.4, 0.5) is 0 Å². The standard InChI is InChI=1S/C33H58N2O22S.2Na/c1-4-5-6-7-8-9-10-51-30-22(35-16(3)39)25(44)27(20(54-30)14-52-58(48,49)50)55-31-26(45)29(24(43)19(13-37)53-31)57-33(32(46)47)11-17(40)21(34-15(2)38)28(56-33)23(42)18(41)12-36;;/h17-31,36-37,40-45H,4-14H2,1-3H3,(H,34,38)(H,35,39)(H,46,47)(H,48,49,50);;/q;2*+1/p-2/t17-,18+,19+,20+,21+,22+,23+,24-,25+,26+,27+,28+,29-,30+,31-,33-;;/m0../s1. The van der Waals surface area contributed by atoms with E-state index in [9.17, 15) is 73.9 Å². The summed E-state index contributed by atoms with van der Waals surface area (Å²) in [5.41, 5.74) is 0. The van der Waals surface area contributed by atoms with Crippen LogP contribution in [0.3, 0.4) is 0 Å². The topological polar surface area (TPSA) is 389 Å². The summed E-state index contributed by atoms with van der Waals surface area (Å²) >= 11 is 0. The minimum Gasteiger partial charge on any atom is -0.862 e. The smallest absolute Gasteiger partial charge is 0.862 e. The van der Waals surface area contributed by atoms with Gasteiger partial charge in [0.2, 0.25) is 0 Å². The molecule has 0 unspecified atom stereocenters. The van der Waals surface area contributed by atoms with E-state index in [0.29, 0.717) is 6.42 Å². The zero-order chi connectivity index (χ0) is 43.5. The Bertz CT molecular complexity index is 1460. The molecular formula is C33H56N2Na2O22S. The molecule has 0 radical (unpaired) electrons. The number of carboxylic acid groups (broad SMARTS) is 1. The first kappa shape index (κ1) is 57.7. The van der Waals surface area contributed by atoms with Gasteiger partial charge in [0.25, 0.3) is 5.79 Å². The Morgan fingerprint density at radius 2 is 1.45 bits per heavy atom. The Morgan fingerprint density at radius 1 is 0.867 bits per heavy atom. The Morgan fingerprint density at radius 3 is 2.00 bits per heavy atom. The van der Waals surface area contributed by atoms with Crippen molar-refractivity contribution < 1.29 is 166 Å². The van der Waals surface area contributed by atoms with Crippen molar-refractivity contribution in [2.24, 2.45) is 9.98 Å². The summed E-state index contributed by atoms with van der Waals surface area (Å²) in [6.45, 7) is 0.900. The molecule has 27 heteroatoms. The van der Waals surface area contributed by atoms with Gasteiger partial charge >= 0.3 is 75.5 Å². The third-order valence-electron chi connectivity index (χ3n) is 9.68. The third-order valence-corrected chi connectivity index (χ3v) is 10.1. The number of carbonyl (C=O) groups is 1. The molecule has 16 atom stereocenters. The van der Waals surface area contributed by atoms with Crippen molar-refractivity contribution >= 4 is 28.2 Å². The van der Waals surface area contributed by atoms with Crippen LogP contribution in [0.25, 0.3) is 0 Å². The van der Waals surface area contributed by atoms with Gasteiger partial charge in [0.1, 0.15) is 73.1 Å². The van der Waals surface area contributed by atoms with Gasteiger partial charge in [-0.3, -0.25) is 14.5 Å². The van der Waals surface area contributed by atoms with Gasteiger partial charge in [0.15, 0.2) is 12.6 Å². The van der Waals surface area contributed by atoms with E-state index in [0.717, 1.165) is 46.0 Å². The molecule has 0 amide bonds. The maximum Gasteiger partial charge on any atom is 1.00 e. The van der Waals surface area contributed by atoms with Crippen molar-refractivity contribution in [2.45, 2.75) is 163 Å². The molecule has 0 saturated carbocycles. The number of hydrogen-bond acceptors (Lipinski definition) is 22. The molecule has 3 heterocycles. The zero-order valence-corrected chi connectivity index (χ0v) is 38.9. The molecule has 60 heavy (non-hydrogen) atoms. The number of rotatable bonds is 22. The minimum absolute atomic E-state index is 0. The largest absolute Gasteiger partial charge is 1.00 e. The van der Waals surface area contributed by atoms with E-state index in [2.05, 4.69) is 21.1 Å². The van der Waals surface area contributed by atoms with Gasteiger partial charge in [0.05, 0.1) is 25.9 Å². The second-order valence-electron chi connectivity index (χ2n) is 14.2. The maximum absolute atomic E-state index is 12.8. The molecule has 0 aliphatic carbocycles. The number of ether oxygens (including phenoxy) is 6. The molecule has 3 aliphatic heterocycles. The van der Waals surface area contributed by atoms with Crippen LogP contribution in [0.15, 0.2) is 9.98 Å². The van der Waals surface area contributed by atoms with E-state index in [4.69, 9.17) is 28.4 Å². The quantitative estimate of drug-likeness (QED) is 0.0158. The van der Waals surface area contributed by atoms with E-state index in [1.165, 1.54) is 0 Å². The van der Waals surface area contributed by atoms with Crippen molar-refractivity contribution in [1.29, 1.82) is 0 Å². The Labute approximate surface area is 391 Å². The summed E-state index contributed by atoms with van der Waals surface area (Å²) in [6.07, 6.45) is -21.8. The van der Waals surface area contributed by atoms with Crippen molar-refractivity contribution in [3.63, 3.8) is 0 Å². The minimum atomic E-state index is -5.15. The fourth-order valence-electron chi connectivity index (χ4n) is 6.79. The van der Waals surface area contributed by atoms with Crippen LogP contribution in [0.2, 0.25) is 0 Å². The molecule has 3 fully saturated rings. The zero-order valence-electron chi connectivity index (χ0n) is 34.1. The molecule has 3 rings (SSSR count). The molecule has 0 aromatic carbocycles. The van der Waals surface area contributed by atoms with Crippen LogP contribution in [-0.2, 0) is 47.8 Å². The van der Waals surface area contributed by atoms with Gasteiger partial charge in [-0.25, -0.2) is 8.98 Å². The Balaban J connectivity index is 0.00000900. The molecule has 24 nitrogen and oxygen atoms in total. The van der Waals surface area contributed by atoms with E-state index in [1.54, 1.807) is 0 Å². The van der Waals surface area contributed by atoms with Crippen LogP contribution in [0.1, 0.15) is 65.7 Å². The van der Waals surface area contributed by atoms with Crippen molar-refractivity contribution in [2.75, 3.05) is 26.4 Å². The van der Waals surface area contributed by atoms with Crippen LogP contribution in [-0.4, -0.2) is 201 Å². The number of hydrogen-bond donors (Lipinski definition) is 10. The predicted molar refractivity (Wildman–Crippen MR) is 188 cm³/mol. The number of aliphatic hydroxyl groups is 8. The second-order valence-corrected chi connectivity index (χ2v) is 15.3. The SMILES string of the molecule is CCCCCCCCO[C@@H]1O[C@H](COS(=O)(=O)O)[C@@H](O[C@@H]2O[C@H](CO)[C@H](O)[C@H](O[C@]3(C(=O)O)C[C@H](O)[C@@H](N=C(C)[O-])[C@H]([C@H](O)[C@H](O)CO)O3)[C@H]2O)[C@H](O)[C@H]1N=C(C)[O-].[Na+].[Na+]. The molecule has 3 saturated heterocycles. The number of nitrogens with zero attached hydrogens (tertiary/aromatic N) is 2. The first-order valence-electron chi connectivity index (χ1n) is 18.7. The van der Waals surface area contributed by atoms with Gasteiger partial charge in [-0.2, -0.15) is 8.42 Å². The van der Waals surface area contributed by atoms with Gasteiger partial charge in [-0.05, 0) is 32.1 Å². The van der Waals surface area contributed by atoms with Crippen LogP contribution in [0, 0.1) is 0 Å². The fourth-order valence-corrected chi connectivity index (χ4v) is 7.10. The van der Waals surface area contributed by atoms with Crippen molar-refractivity contribution in [1.82, 2.24) is 0 Å². The Kier molecular flexibility index (Phi) is 25.6.